The number of para-hydroxylation sites is 2. The number of rotatable bonds is 7. The van der Waals surface area contributed by atoms with Crippen molar-refractivity contribution in [3.8, 4) is 5.75 Å². The minimum atomic E-state index is -1.62. The number of imide groups is 1. The second-order valence-electron chi connectivity index (χ2n) is 6.97. The van der Waals surface area contributed by atoms with Gasteiger partial charge in [-0.25, -0.2) is 13.6 Å². The van der Waals surface area contributed by atoms with E-state index in [1.165, 1.54) is 13.0 Å². The summed E-state index contributed by atoms with van der Waals surface area (Å²) in [5, 5.41) is 5.07. The number of halogens is 2. The lowest BCUT2D eigenvalue weighted by atomic mass is 9.92. The minimum Gasteiger partial charge on any atom is -0.491 e. The van der Waals surface area contributed by atoms with Gasteiger partial charge in [0.05, 0.1) is 12.3 Å². The summed E-state index contributed by atoms with van der Waals surface area (Å²) in [6.07, 6.45) is 0.785. The zero-order valence-electron chi connectivity index (χ0n) is 16.5. The molecule has 2 aromatic rings. The Bertz CT molecular complexity index is 998. The van der Waals surface area contributed by atoms with E-state index in [0.717, 1.165) is 23.5 Å². The summed E-state index contributed by atoms with van der Waals surface area (Å²) in [5.41, 5.74) is -1.14. The molecule has 0 aliphatic carbocycles. The maximum absolute atomic E-state index is 13.6. The molecule has 1 unspecified atom stereocenters. The van der Waals surface area contributed by atoms with Crippen LogP contribution in [0.5, 0.6) is 5.75 Å². The lowest BCUT2D eigenvalue weighted by molar-refractivity contribution is -0.133. The van der Waals surface area contributed by atoms with E-state index in [2.05, 4.69) is 10.6 Å². The van der Waals surface area contributed by atoms with Crippen molar-refractivity contribution in [2.45, 2.75) is 25.8 Å². The Morgan fingerprint density at radius 1 is 1.17 bits per heavy atom. The zero-order valence-corrected chi connectivity index (χ0v) is 16.5. The van der Waals surface area contributed by atoms with Crippen LogP contribution in [0.3, 0.4) is 0 Å². The van der Waals surface area contributed by atoms with Gasteiger partial charge in [-0.15, -0.1) is 0 Å². The van der Waals surface area contributed by atoms with E-state index in [0.29, 0.717) is 18.0 Å². The van der Waals surface area contributed by atoms with Gasteiger partial charge in [-0.05, 0) is 43.2 Å². The fourth-order valence-electron chi connectivity index (χ4n) is 3.08. The molecule has 0 spiro atoms. The van der Waals surface area contributed by atoms with Crippen LogP contribution in [0.4, 0.5) is 19.3 Å². The van der Waals surface area contributed by atoms with Gasteiger partial charge in [-0.1, -0.05) is 25.1 Å². The summed E-state index contributed by atoms with van der Waals surface area (Å²) >= 11 is 0. The average Bonchev–Trinajstić information content (AvgIpc) is 2.93. The van der Waals surface area contributed by atoms with Crippen LogP contribution >= 0.6 is 0 Å². The van der Waals surface area contributed by atoms with Crippen molar-refractivity contribution in [1.82, 2.24) is 10.2 Å². The van der Waals surface area contributed by atoms with Gasteiger partial charge in [0.1, 0.15) is 17.8 Å². The highest BCUT2D eigenvalue weighted by Crippen LogP contribution is 2.30. The number of hydrogen-bond donors (Lipinski definition) is 2. The molecule has 2 aromatic carbocycles. The van der Waals surface area contributed by atoms with Crippen LogP contribution in [-0.4, -0.2) is 35.9 Å². The maximum Gasteiger partial charge on any atom is 0.325 e. The standard InChI is InChI=1S/C21H21F2N3O4/c1-3-10-30-17-7-5-4-6-16(17)24-18(27)12-26-19(28)21(2,25-20(26)29)13-8-9-14(22)15(23)11-13/h4-9,11H,3,10,12H2,1-2H3,(H,24,27)(H,25,29). The number of urea groups is 1. The van der Waals surface area contributed by atoms with Crippen molar-refractivity contribution in [1.29, 1.82) is 0 Å². The molecule has 1 atom stereocenters. The van der Waals surface area contributed by atoms with Crippen LogP contribution in [0, 0.1) is 11.6 Å². The van der Waals surface area contributed by atoms with Crippen molar-refractivity contribution in [2.24, 2.45) is 0 Å². The number of hydrogen-bond acceptors (Lipinski definition) is 4. The molecule has 0 radical (unpaired) electrons. The monoisotopic (exact) mass is 417 g/mol. The summed E-state index contributed by atoms with van der Waals surface area (Å²) in [5.74, 6) is -3.10. The molecule has 0 aromatic heterocycles. The number of carbonyl (C=O) groups is 3. The molecule has 30 heavy (non-hydrogen) atoms. The predicted octanol–water partition coefficient (Wildman–Crippen LogP) is 3.16. The summed E-state index contributed by atoms with van der Waals surface area (Å²) in [6.45, 7) is 3.23. The minimum absolute atomic E-state index is 0.0703. The van der Waals surface area contributed by atoms with Gasteiger partial charge in [-0.2, -0.15) is 0 Å². The molecule has 7 nitrogen and oxygen atoms in total. The van der Waals surface area contributed by atoms with Gasteiger partial charge in [0, 0.05) is 0 Å². The molecule has 0 saturated carbocycles. The largest absolute Gasteiger partial charge is 0.491 e. The van der Waals surface area contributed by atoms with Gasteiger partial charge in [0.25, 0.3) is 5.91 Å². The van der Waals surface area contributed by atoms with Crippen LogP contribution in [0.25, 0.3) is 0 Å². The maximum atomic E-state index is 13.6. The molecule has 4 amide bonds. The van der Waals surface area contributed by atoms with Gasteiger partial charge < -0.3 is 15.4 Å². The Kier molecular flexibility index (Phi) is 6.00. The van der Waals surface area contributed by atoms with Crippen LogP contribution in [0.1, 0.15) is 25.8 Å². The van der Waals surface area contributed by atoms with Gasteiger partial charge in [0.2, 0.25) is 5.91 Å². The third-order valence-corrected chi connectivity index (χ3v) is 4.70. The molecule has 1 fully saturated rings. The number of carbonyl (C=O) groups excluding carboxylic acids is 3. The number of ether oxygens (including phenoxy) is 1. The van der Waals surface area contributed by atoms with Crippen molar-refractivity contribution in [2.75, 3.05) is 18.5 Å². The van der Waals surface area contributed by atoms with Crippen molar-refractivity contribution in [3.05, 3.63) is 59.7 Å². The van der Waals surface area contributed by atoms with Gasteiger partial charge in [-0.3, -0.25) is 14.5 Å². The van der Waals surface area contributed by atoms with Crippen LogP contribution in [0.2, 0.25) is 0 Å². The molecule has 1 saturated heterocycles. The third-order valence-electron chi connectivity index (χ3n) is 4.70. The Hall–Kier alpha value is -3.49. The number of nitrogens with zero attached hydrogens (tertiary/aromatic N) is 1. The molecule has 1 heterocycles. The second kappa shape index (κ2) is 8.48. The van der Waals surface area contributed by atoms with Crippen LogP contribution in [0.15, 0.2) is 42.5 Å². The first-order valence-electron chi connectivity index (χ1n) is 9.37. The van der Waals surface area contributed by atoms with E-state index in [4.69, 9.17) is 4.74 Å². The van der Waals surface area contributed by atoms with E-state index in [-0.39, 0.29) is 5.56 Å². The summed E-state index contributed by atoms with van der Waals surface area (Å²) in [6, 6.07) is 8.92. The number of benzene rings is 2. The SMILES string of the molecule is CCCOc1ccccc1NC(=O)CN1C(=O)NC(C)(c2ccc(F)c(F)c2)C1=O. The smallest absolute Gasteiger partial charge is 0.325 e. The fraction of sp³-hybridized carbons (Fsp3) is 0.286. The Balaban J connectivity index is 1.74. The lowest BCUT2D eigenvalue weighted by Crippen LogP contribution is -2.42. The predicted molar refractivity (Wildman–Crippen MR) is 105 cm³/mol. The first kappa shape index (κ1) is 21.2. The zero-order chi connectivity index (χ0) is 21.9. The molecule has 2 N–H and O–H groups in total. The topological polar surface area (TPSA) is 87.7 Å². The molecule has 0 bridgehead atoms. The van der Waals surface area contributed by atoms with Gasteiger partial charge in [0.15, 0.2) is 11.6 Å². The quantitative estimate of drug-likeness (QED) is 0.678. The van der Waals surface area contributed by atoms with E-state index in [1.54, 1.807) is 24.3 Å². The van der Waals surface area contributed by atoms with Crippen LogP contribution in [-0.2, 0) is 15.1 Å². The molecule has 158 valence electrons. The Labute approximate surface area is 172 Å². The van der Waals surface area contributed by atoms with Crippen molar-refractivity contribution >= 4 is 23.5 Å². The molecule has 9 heteroatoms. The molecular formula is C21H21F2N3O4. The number of nitrogens with one attached hydrogen (secondary N) is 2. The molecule has 3 rings (SSSR count). The second-order valence-corrected chi connectivity index (χ2v) is 6.97. The highest BCUT2D eigenvalue weighted by atomic mass is 19.2. The van der Waals surface area contributed by atoms with Crippen molar-refractivity contribution in [3.63, 3.8) is 0 Å². The van der Waals surface area contributed by atoms with Crippen molar-refractivity contribution < 1.29 is 27.9 Å². The van der Waals surface area contributed by atoms with E-state index >= 15 is 0 Å². The van der Waals surface area contributed by atoms with E-state index in [9.17, 15) is 23.2 Å². The first-order chi connectivity index (χ1) is 14.3. The first-order valence-corrected chi connectivity index (χ1v) is 9.37. The van der Waals surface area contributed by atoms with E-state index in [1.807, 2.05) is 6.92 Å². The molecular weight excluding hydrogens is 396 g/mol. The lowest BCUT2D eigenvalue weighted by Gasteiger charge is -2.22. The summed E-state index contributed by atoms with van der Waals surface area (Å²) < 4.78 is 32.4. The Morgan fingerprint density at radius 2 is 1.90 bits per heavy atom. The highest BCUT2D eigenvalue weighted by molar-refractivity contribution is 6.10. The van der Waals surface area contributed by atoms with E-state index < -0.39 is 41.6 Å². The van der Waals surface area contributed by atoms with Gasteiger partial charge >= 0.3 is 6.03 Å². The number of anilines is 1. The molecule has 1 aliphatic rings. The van der Waals surface area contributed by atoms with Crippen LogP contribution < -0.4 is 15.4 Å². The molecule has 1 aliphatic heterocycles. The fourth-order valence-corrected chi connectivity index (χ4v) is 3.08. The Morgan fingerprint density at radius 3 is 2.60 bits per heavy atom. The number of amides is 4. The average molecular weight is 417 g/mol. The normalized spacial score (nSPS) is 18.3. The third kappa shape index (κ3) is 4.10. The summed E-state index contributed by atoms with van der Waals surface area (Å²) in [7, 11) is 0. The highest BCUT2D eigenvalue weighted by Gasteiger charge is 2.49. The summed E-state index contributed by atoms with van der Waals surface area (Å²) in [4.78, 5) is 38.4.